The summed E-state index contributed by atoms with van der Waals surface area (Å²) in [5, 5.41) is 0. The summed E-state index contributed by atoms with van der Waals surface area (Å²) in [7, 11) is 0. The van der Waals surface area contributed by atoms with Gasteiger partial charge < -0.3 is 4.74 Å². The molecule has 0 atom stereocenters. The number of terminal acetylenes is 1. The van der Waals surface area contributed by atoms with Crippen LogP contribution in [0.3, 0.4) is 0 Å². The fourth-order valence-electron chi connectivity index (χ4n) is 1.46. The van der Waals surface area contributed by atoms with Gasteiger partial charge in [-0.25, -0.2) is 4.79 Å². The molecule has 0 fully saturated rings. The van der Waals surface area contributed by atoms with E-state index in [0.29, 0.717) is 28.5 Å². The molecule has 0 saturated heterocycles. The van der Waals surface area contributed by atoms with E-state index >= 15 is 0 Å². The second-order valence-electron chi connectivity index (χ2n) is 5.00. The van der Waals surface area contributed by atoms with Gasteiger partial charge in [0.1, 0.15) is 11.9 Å². The van der Waals surface area contributed by atoms with Gasteiger partial charge in [-0.1, -0.05) is 5.92 Å². The molecule has 0 bridgehead atoms. The maximum absolute atomic E-state index is 11.9. The quantitative estimate of drug-likeness (QED) is 0.456. The number of aldehydes is 1. The number of ether oxygens (including phenoxy) is 1. The Balaban J connectivity index is 3.23. The lowest BCUT2D eigenvalue weighted by molar-refractivity contribution is 0.00695. The van der Waals surface area contributed by atoms with E-state index in [9.17, 15) is 9.59 Å². The topological polar surface area (TPSA) is 43.4 Å². The average molecular weight is 244 g/mol. The molecule has 0 N–H and O–H groups in total. The summed E-state index contributed by atoms with van der Waals surface area (Å²) in [6, 6.07) is 3.06. The molecule has 0 saturated carbocycles. The van der Waals surface area contributed by atoms with Gasteiger partial charge in [-0.05, 0) is 45.4 Å². The zero-order valence-corrected chi connectivity index (χ0v) is 11.0. The van der Waals surface area contributed by atoms with E-state index in [1.807, 2.05) is 0 Å². The average Bonchev–Trinajstić information content (AvgIpc) is 2.27. The number of hydrogen-bond donors (Lipinski definition) is 0. The first-order valence-electron chi connectivity index (χ1n) is 5.58. The van der Waals surface area contributed by atoms with Crippen LogP contribution in [0, 0.1) is 19.3 Å². The first-order chi connectivity index (χ1) is 8.28. The summed E-state index contributed by atoms with van der Waals surface area (Å²) in [6.45, 7) is 7.09. The van der Waals surface area contributed by atoms with E-state index in [0.717, 1.165) is 0 Å². The van der Waals surface area contributed by atoms with Crippen LogP contribution in [-0.2, 0) is 4.74 Å². The van der Waals surface area contributed by atoms with Gasteiger partial charge in [0.15, 0.2) is 0 Å². The Morgan fingerprint density at radius 3 is 2.44 bits per heavy atom. The van der Waals surface area contributed by atoms with Crippen molar-refractivity contribution in [2.24, 2.45) is 0 Å². The Kier molecular flexibility index (Phi) is 3.93. The number of esters is 1. The van der Waals surface area contributed by atoms with Gasteiger partial charge in [-0.15, -0.1) is 6.42 Å². The molecule has 3 heteroatoms. The smallest absolute Gasteiger partial charge is 0.338 e. The molecule has 0 amide bonds. The van der Waals surface area contributed by atoms with Crippen molar-refractivity contribution < 1.29 is 14.3 Å². The van der Waals surface area contributed by atoms with Gasteiger partial charge in [0, 0.05) is 11.1 Å². The first-order valence-corrected chi connectivity index (χ1v) is 5.58. The summed E-state index contributed by atoms with van der Waals surface area (Å²) in [5.74, 6) is 1.98. The van der Waals surface area contributed by atoms with Crippen LogP contribution in [0.1, 0.15) is 52.6 Å². The largest absolute Gasteiger partial charge is 0.456 e. The van der Waals surface area contributed by atoms with E-state index in [-0.39, 0.29) is 0 Å². The highest BCUT2D eigenvalue weighted by molar-refractivity contribution is 5.93. The number of rotatable bonds is 2. The number of carbonyl (C=O) groups excluding carboxylic acids is 2. The molecule has 0 radical (unpaired) electrons. The number of hydrogen-bond acceptors (Lipinski definition) is 3. The highest BCUT2D eigenvalue weighted by atomic mass is 16.6. The standard InChI is InChI=1S/C15H16O3/c1-6-11-7-12(8-13(9-16)10(11)2)14(17)18-15(3,4)5/h1,7-9H,2-5H3. The molecule has 94 valence electrons. The molecule has 1 rings (SSSR count). The fraction of sp³-hybridized carbons (Fsp3) is 0.333. The summed E-state index contributed by atoms with van der Waals surface area (Å²) in [4.78, 5) is 22.8. The highest BCUT2D eigenvalue weighted by Gasteiger charge is 2.19. The van der Waals surface area contributed by atoms with E-state index < -0.39 is 11.6 Å². The number of carbonyl (C=O) groups is 2. The Bertz CT molecular complexity index is 528. The molecule has 0 unspecified atom stereocenters. The first kappa shape index (κ1) is 14.0. The summed E-state index contributed by atoms with van der Waals surface area (Å²) >= 11 is 0. The Morgan fingerprint density at radius 1 is 1.39 bits per heavy atom. The molecule has 1 aromatic carbocycles. The molecule has 0 spiro atoms. The summed E-state index contributed by atoms with van der Waals surface area (Å²) in [6.07, 6.45) is 6.04. The van der Waals surface area contributed by atoms with Crippen LogP contribution < -0.4 is 0 Å². The molecule has 0 aliphatic rings. The lowest BCUT2D eigenvalue weighted by Crippen LogP contribution is -2.24. The Labute approximate surface area is 107 Å². The van der Waals surface area contributed by atoms with Crippen molar-refractivity contribution in [3.8, 4) is 12.3 Å². The van der Waals surface area contributed by atoms with Crippen LogP contribution >= 0.6 is 0 Å². The lowest BCUT2D eigenvalue weighted by Gasteiger charge is -2.19. The predicted octanol–water partition coefficient (Wildman–Crippen LogP) is 2.74. The van der Waals surface area contributed by atoms with Crippen LogP contribution in [-0.4, -0.2) is 17.9 Å². The molecule has 0 aromatic heterocycles. The predicted molar refractivity (Wildman–Crippen MR) is 69.7 cm³/mol. The summed E-state index contributed by atoms with van der Waals surface area (Å²) in [5.41, 5.74) is 1.34. The van der Waals surface area contributed by atoms with E-state index in [4.69, 9.17) is 11.2 Å². The fourth-order valence-corrected chi connectivity index (χ4v) is 1.46. The van der Waals surface area contributed by atoms with Crippen molar-refractivity contribution >= 4 is 12.3 Å². The van der Waals surface area contributed by atoms with Crippen LogP contribution in [0.5, 0.6) is 0 Å². The third-order valence-electron chi connectivity index (χ3n) is 2.36. The molecule has 0 heterocycles. The molecular weight excluding hydrogens is 228 g/mol. The van der Waals surface area contributed by atoms with Crippen molar-refractivity contribution in [1.82, 2.24) is 0 Å². The lowest BCUT2D eigenvalue weighted by atomic mass is 9.99. The van der Waals surface area contributed by atoms with Crippen LogP contribution in [0.25, 0.3) is 0 Å². The number of benzene rings is 1. The third-order valence-corrected chi connectivity index (χ3v) is 2.36. The normalized spacial score (nSPS) is 10.6. The van der Waals surface area contributed by atoms with Crippen molar-refractivity contribution in [3.63, 3.8) is 0 Å². The van der Waals surface area contributed by atoms with E-state index in [2.05, 4.69) is 5.92 Å². The van der Waals surface area contributed by atoms with E-state index in [1.54, 1.807) is 33.8 Å². The molecule has 0 aliphatic carbocycles. The minimum Gasteiger partial charge on any atom is -0.456 e. The van der Waals surface area contributed by atoms with Crippen molar-refractivity contribution in [1.29, 1.82) is 0 Å². The van der Waals surface area contributed by atoms with E-state index in [1.165, 1.54) is 6.07 Å². The maximum Gasteiger partial charge on any atom is 0.338 e. The van der Waals surface area contributed by atoms with Gasteiger partial charge in [-0.3, -0.25) is 4.79 Å². The maximum atomic E-state index is 11.9. The second kappa shape index (κ2) is 5.05. The molecule has 3 nitrogen and oxygen atoms in total. The SMILES string of the molecule is C#Cc1cc(C(=O)OC(C)(C)C)cc(C=O)c1C. The zero-order chi connectivity index (χ0) is 13.9. The van der Waals surface area contributed by atoms with Gasteiger partial charge in [0.05, 0.1) is 5.56 Å². The Morgan fingerprint density at radius 2 is 2.00 bits per heavy atom. The zero-order valence-electron chi connectivity index (χ0n) is 11.0. The molecule has 18 heavy (non-hydrogen) atoms. The second-order valence-corrected chi connectivity index (χ2v) is 5.00. The van der Waals surface area contributed by atoms with Gasteiger partial charge in [0.2, 0.25) is 0 Å². The van der Waals surface area contributed by atoms with Crippen molar-refractivity contribution in [3.05, 3.63) is 34.4 Å². The van der Waals surface area contributed by atoms with Crippen molar-refractivity contribution in [2.45, 2.75) is 33.3 Å². The van der Waals surface area contributed by atoms with Crippen LogP contribution in [0.2, 0.25) is 0 Å². The third kappa shape index (κ3) is 3.21. The highest BCUT2D eigenvalue weighted by Crippen LogP contribution is 2.18. The monoisotopic (exact) mass is 244 g/mol. The van der Waals surface area contributed by atoms with Gasteiger partial charge in [0.25, 0.3) is 0 Å². The molecule has 0 aliphatic heterocycles. The van der Waals surface area contributed by atoms with Crippen LogP contribution in [0.15, 0.2) is 12.1 Å². The Hall–Kier alpha value is -2.08. The minimum absolute atomic E-state index is 0.297. The van der Waals surface area contributed by atoms with Crippen molar-refractivity contribution in [2.75, 3.05) is 0 Å². The van der Waals surface area contributed by atoms with Gasteiger partial charge >= 0.3 is 5.97 Å². The summed E-state index contributed by atoms with van der Waals surface area (Å²) < 4.78 is 5.24. The van der Waals surface area contributed by atoms with Gasteiger partial charge in [-0.2, -0.15) is 0 Å². The molecular formula is C15H16O3. The van der Waals surface area contributed by atoms with Crippen LogP contribution in [0.4, 0.5) is 0 Å². The molecule has 1 aromatic rings. The minimum atomic E-state index is -0.584.